The van der Waals surface area contributed by atoms with Gasteiger partial charge in [0.1, 0.15) is 0 Å². The Morgan fingerprint density at radius 1 is 1.29 bits per heavy atom. The molecule has 1 aliphatic rings. The lowest BCUT2D eigenvalue weighted by Gasteiger charge is -2.23. The Morgan fingerprint density at radius 2 is 1.94 bits per heavy atom. The molecule has 0 saturated carbocycles. The summed E-state index contributed by atoms with van der Waals surface area (Å²) in [7, 11) is 0. The van der Waals surface area contributed by atoms with Crippen molar-refractivity contribution in [2.24, 2.45) is 0 Å². The van der Waals surface area contributed by atoms with Crippen molar-refractivity contribution in [3.8, 4) is 0 Å². The van der Waals surface area contributed by atoms with E-state index in [1.165, 1.54) is 4.90 Å². The zero-order valence-electron chi connectivity index (χ0n) is 9.46. The van der Waals surface area contributed by atoms with Crippen LogP contribution in [0, 0.1) is 0 Å². The molecule has 0 fully saturated rings. The van der Waals surface area contributed by atoms with Gasteiger partial charge in [-0.05, 0) is 24.6 Å². The summed E-state index contributed by atoms with van der Waals surface area (Å²) in [5.41, 5.74) is 1.23. The highest BCUT2D eigenvalue weighted by atomic mass is 16.4. The minimum absolute atomic E-state index is 0.244. The van der Waals surface area contributed by atoms with Crippen molar-refractivity contribution in [1.29, 1.82) is 0 Å². The van der Waals surface area contributed by atoms with Crippen molar-refractivity contribution in [1.82, 2.24) is 4.90 Å². The SMILES string of the molecule is CC1=CCN(C(=O)c2ccccc2)C1C(=O)O. The van der Waals surface area contributed by atoms with Crippen molar-refractivity contribution in [2.45, 2.75) is 13.0 Å². The lowest BCUT2D eigenvalue weighted by atomic mass is 10.1. The maximum absolute atomic E-state index is 12.1. The van der Waals surface area contributed by atoms with Crippen molar-refractivity contribution >= 4 is 11.9 Å². The number of carbonyl (C=O) groups excluding carboxylic acids is 1. The molecule has 1 N–H and O–H groups in total. The van der Waals surface area contributed by atoms with E-state index in [1.54, 1.807) is 37.3 Å². The van der Waals surface area contributed by atoms with Gasteiger partial charge in [0.05, 0.1) is 0 Å². The summed E-state index contributed by atoms with van der Waals surface area (Å²) in [6, 6.07) is 7.89. The standard InChI is InChI=1S/C13H13NO3/c1-9-7-8-14(11(9)13(16)17)12(15)10-5-3-2-4-6-10/h2-7,11H,8H2,1H3,(H,16,17). The number of amides is 1. The Hall–Kier alpha value is -2.10. The fourth-order valence-corrected chi connectivity index (χ4v) is 1.98. The molecule has 0 radical (unpaired) electrons. The molecule has 4 nitrogen and oxygen atoms in total. The quantitative estimate of drug-likeness (QED) is 0.785. The lowest BCUT2D eigenvalue weighted by molar-refractivity contribution is -0.140. The normalized spacial score (nSPS) is 19.0. The molecule has 1 atom stereocenters. The molecule has 0 spiro atoms. The molecule has 0 bridgehead atoms. The third-order valence-corrected chi connectivity index (χ3v) is 2.87. The van der Waals surface area contributed by atoms with Gasteiger partial charge in [-0.1, -0.05) is 24.3 Å². The summed E-state index contributed by atoms with van der Waals surface area (Å²) in [5.74, 6) is -1.23. The van der Waals surface area contributed by atoms with Gasteiger partial charge >= 0.3 is 5.97 Å². The topological polar surface area (TPSA) is 57.6 Å². The van der Waals surface area contributed by atoms with Crippen LogP contribution in [0.4, 0.5) is 0 Å². The minimum atomic E-state index is -0.986. The Bertz CT molecular complexity index is 479. The maximum atomic E-state index is 12.1. The number of nitrogens with zero attached hydrogens (tertiary/aromatic N) is 1. The van der Waals surface area contributed by atoms with E-state index in [-0.39, 0.29) is 5.91 Å². The Balaban J connectivity index is 2.25. The highest BCUT2D eigenvalue weighted by Crippen LogP contribution is 2.20. The highest BCUT2D eigenvalue weighted by Gasteiger charge is 2.34. The summed E-state index contributed by atoms with van der Waals surface area (Å²) in [4.78, 5) is 24.6. The second-order valence-corrected chi connectivity index (χ2v) is 4.01. The van der Waals surface area contributed by atoms with Gasteiger partial charge in [0.25, 0.3) is 5.91 Å². The maximum Gasteiger partial charge on any atom is 0.330 e. The number of aliphatic carboxylic acids is 1. The van der Waals surface area contributed by atoms with E-state index in [9.17, 15) is 9.59 Å². The van der Waals surface area contributed by atoms with E-state index in [2.05, 4.69) is 0 Å². The van der Waals surface area contributed by atoms with Gasteiger partial charge in [-0.3, -0.25) is 4.79 Å². The average molecular weight is 231 g/mol. The summed E-state index contributed by atoms with van der Waals surface area (Å²) in [5, 5.41) is 9.12. The molecule has 4 heteroatoms. The first-order valence-corrected chi connectivity index (χ1v) is 5.36. The van der Waals surface area contributed by atoms with Crippen molar-refractivity contribution in [2.75, 3.05) is 6.54 Å². The first-order valence-electron chi connectivity index (χ1n) is 5.36. The van der Waals surface area contributed by atoms with Crippen LogP contribution in [-0.2, 0) is 4.79 Å². The molecule has 0 saturated heterocycles. The van der Waals surface area contributed by atoms with Crippen LogP contribution in [0.5, 0.6) is 0 Å². The van der Waals surface area contributed by atoms with E-state index in [0.717, 1.165) is 0 Å². The Labute approximate surface area is 99.2 Å². The van der Waals surface area contributed by atoms with Gasteiger partial charge in [-0.25, -0.2) is 4.79 Å². The van der Waals surface area contributed by atoms with E-state index in [4.69, 9.17) is 5.11 Å². The molecule has 17 heavy (non-hydrogen) atoms. The Kier molecular flexibility index (Phi) is 2.95. The smallest absolute Gasteiger partial charge is 0.330 e. The second kappa shape index (κ2) is 4.41. The van der Waals surface area contributed by atoms with Gasteiger partial charge in [0.15, 0.2) is 6.04 Å². The number of rotatable bonds is 2. The first kappa shape index (κ1) is 11.4. The van der Waals surface area contributed by atoms with Gasteiger partial charge in [-0.15, -0.1) is 0 Å². The molecule has 0 aromatic heterocycles. The zero-order chi connectivity index (χ0) is 12.4. The van der Waals surface area contributed by atoms with Crippen LogP contribution >= 0.6 is 0 Å². The van der Waals surface area contributed by atoms with Gasteiger partial charge in [0, 0.05) is 12.1 Å². The molecular formula is C13H13NO3. The monoisotopic (exact) mass is 231 g/mol. The number of hydrogen-bond acceptors (Lipinski definition) is 2. The van der Waals surface area contributed by atoms with E-state index in [0.29, 0.717) is 17.7 Å². The summed E-state index contributed by atoms with van der Waals surface area (Å²) in [6.45, 7) is 2.09. The third-order valence-electron chi connectivity index (χ3n) is 2.87. The van der Waals surface area contributed by atoms with Crippen molar-refractivity contribution in [3.63, 3.8) is 0 Å². The zero-order valence-corrected chi connectivity index (χ0v) is 9.46. The van der Waals surface area contributed by atoms with Crippen LogP contribution in [0.3, 0.4) is 0 Å². The number of carboxylic acid groups (broad SMARTS) is 1. The molecule has 1 aromatic rings. The van der Waals surface area contributed by atoms with Gasteiger partial charge in [-0.2, -0.15) is 0 Å². The molecule has 0 aliphatic carbocycles. The summed E-state index contributed by atoms with van der Waals surface area (Å²) >= 11 is 0. The van der Waals surface area contributed by atoms with Gasteiger partial charge in [0.2, 0.25) is 0 Å². The van der Waals surface area contributed by atoms with E-state index in [1.807, 2.05) is 6.07 Å². The molecule has 1 unspecified atom stereocenters. The molecular weight excluding hydrogens is 218 g/mol. The van der Waals surface area contributed by atoms with Crippen LogP contribution in [0.2, 0.25) is 0 Å². The third kappa shape index (κ3) is 2.06. The van der Waals surface area contributed by atoms with Crippen LogP contribution in [0.25, 0.3) is 0 Å². The fraction of sp³-hybridized carbons (Fsp3) is 0.231. The molecule has 2 rings (SSSR count). The molecule has 1 aromatic carbocycles. The van der Waals surface area contributed by atoms with Crippen molar-refractivity contribution < 1.29 is 14.7 Å². The van der Waals surface area contributed by atoms with E-state index < -0.39 is 12.0 Å². The molecule has 1 heterocycles. The lowest BCUT2D eigenvalue weighted by Crippen LogP contribution is -2.42. The number of carbonyl (C=O) groups is 2. The predicted octanol–water partition coefficient (Wildman–Crippen LogP) is 1.54. The number of benzene rings is 1. The predicted molar refractivity (Wildman–Crippen MR) is 62.7 cm³/mol. The second-order valence-electron chi connectivity index (χ2n) is 4.01. The van der Waals surface area contributed by atoms with Crippen LogP contribution in [-0.4, -0.2) is 34.5 Å². The minimum Gasteiger partial charge on any atom is -0.479 e. The largest absolute Gasteiger partial charge is 0.479 e. The van der Waals surface area contributed by atoms with E-state index >= 15 is 0 Å². The number of carboxylic acids is 1. The summed E-state index contributed by atoms with van der Waals surface area (Å²) < 4.78 is 0. The van der Waals surface area contributed by atoms with Crippen LogP contribution < -0.4 is 0 Å². The van der Waals surface area contributed by atoms with Crippen molar-refractivity contribution in [3.05, 3.63) is 47.5 Å². The van der Waals surface area contributed by atoms with Crippen LogP contribution in [0.15, 0.2) is 42.0 Å². The number of hydrogen-bond donors (Lipinski definition) is 1. The highest BCUT2D eigenvalue weighted by molar-refractivity contribution is 5.98. The summed E-state index contributed by atoms with van der Waals surface area (Å²) in [6.07, 6.45) is 1.78. The molecule has 1 amide bonds. The average Bonchev–Trinajstić information content (AvgIpc) is 2.71. The molecule has 1 aliphatic heterocycles. The fourth-order valence-electron chi connectivity index (χ4n) is 1.98. The Morgan fingerprint density at radius 3 is 2.53 bits per heavy atom. The first-order chi connectivity index (χ1) is 8.11. The van der Waals surface area contributed by atoms with Crippen LogP contribution in [0.1, 0.15) is 17.3 Å². The molecule has 88 valence electrons. The van der Waals surface area contributed by atoms with Gasteiger partial charge < -0.3 is 10.0 Å².